The molecule has 2 aromatic rings. The van der Waals surface area contributed by atoms with Crippen molar-refractivity contribution in [2.75, 3.05) is 26.3 Å². The van der Waals surface area contributed by atoms with E-state index >= 15 is 0 Å². The van der Waals surface area contributed by atoms with E-state index in [1.807, 2.05) is 0 Å². The zero-order chi connectivity index (χ0) is 19.4. The van der Waals surface area contributed by atoms with E-state index < -0.39 is 17.6 Å². The van der Waals surface area contributed by atoms with Gasteiger partial charge in [-0.25, -0.2) is 9.07 Å². The first-order chi connectivity index (χ1) is 13.0. The summed E-state index contributed by atoms with van der Waals surface area (Å²) >= 11 is 5.80. The van der Waals surface area contributed by atoms with Crippen LogP contribution in [0.5, 0.6) is 0 Å². The van der Waals surface area contributed by atoms with Crippen molar-refractivity contribution >= 4 is 23.4 Å². The smallest absolute Gasteiger partial charge is 0.272 e. The van der Waals surface area contributed by atoms with E-state index in [2.05, 4.69) is 15.7 Å². The fourth-order valence-corrected chi connectivity index (χ4v) is 2.93. The maximum Gasteiger partial charge on any atom is 0.272 e. The minimum absolute atomic E-state index is 0.103. The second-order valence-electron chi connectivity index (χ2n) is 5.84. The Morgan fingerprint density at radius 1 is 1.37 bits per heavy atom. The van der Waals surface area contributed by atoms with Crippen LogP contribution in [0.1, 0.15) is 21.7 Å². The van der Waals surface area contributed by atoms with Crippen LogP contribution in [0, 0.1) is 5.82 Å². The molecule has 10 heteroatoms. The molecule has 2 heterocycles. The quantitative estimate of drug-likeness (QED) is 0.662. The summed E-state index contributed by atoms with van der Waals surface area (Å²) in [5, 5.41) is 18.1. The lowest BCUT2D eigenvalue weighted by Crippen LogP contribution is -2.38. The normalized spacial score (nSPS) is 13.1. The predicted molar refractivity (Wildman–Crippen MR) is 94.3 cm³/mol. The van der Waals surface area contributed by atoms with Crippen LogP contribution in [0.3, 0.4) is 0 Å². The van der Waals surface area contributed by atoms with Gasteiger partial charge in [-0.05, 0) is 18.2 Å². The van der Waals surface area contributed by atoms with Gasteiger partial charge in [0.05, 0.1) is 32.1 Å². The van der Waals surface area contributed by atoms with Gasteiger partial charge in [-0.3, -0.25) is 9.59 Å². The monoisotopic (exact) mass is 396 g/mol. The molecule has 1 aliphatic heterocycles. The highest BCUT2D eigenvalue weighted by Crippen LogP contribution is 2.26. The van der Waals surface area contributed by atoms with E-state index in [9.17, 15) is 14.0 Å². The van der Waals surface area contributed by atoms with Crippen molar-refractivity contribution in [3.8, 4) is 5.69 Å². The molecule has 0 saturated heterocycles. The number of aliphatic hydroxyl groups is 1. The van der Waals surface area contributed by atoms with E-state index in [1.165, 1.54) is 22.9 Å². The second-order valence-corrected chi connectivity index (χ2v) is 6.28. The molecule has 0 bridgehead atoms. The molecular weight excluding hydrogens is 379 g/mol. The molecule has 27 heavy (non-hydrogen) atoms. The van der Waals surface area contributed by atoms with E-state index in [4.69, 9.17) is 21.4 Å². The predicted octanol–water partition coefficient (Wildman–Crippen LogP) is 0.576. The van der Waals surface area contributed by atoms with Gasteiger partial charge in [0.25, 0.3) is 5.91 Å². The van der Waals surface area contributed by atoms with Crippen molar-refractivity contribution in [1.82, 2.24) is 20.4 Å². The zero-order valence-corrected chi connectivity index (χ0v) is 15.1. The first-order valence-corrected chi connectivity index (χ1v) is 8.68. The highest BCUT2D eigenvalue weighted by molar-refractivity contribution is 6.30. The summed E-state index contributed by atoms with van der Waals surface area (Å²) in [7, 11) is 0. The summed E-state index contributed by atoms with van der Waals surface area (Å²) in [6.07, 6.45) is 0.448. The molecule has 0 atom stereocenters. The number of amides is 2. The third-order valence-corrected chi connectivity index (χ3v) is 4.26. The van der Waals surface area contributed by atoms with Crippen molar-refractivity contribution in [3.63, 3.8) is 0 Å². The largest absolute Gasteiger partial charge is 0.395 e. The molecule has 0 spiro atoms. The highest BCUT2D eigenvalue weighted by atomic mass is 35.5. The molecule has 3 rings (SSSR count). The molecule has 0 aliphatic carbocycles. The Bertz CT molecular complexity index is 871. The summed E-state index contributed by atoms with van der Waals surface area (Å²) in [5.41, 5.74) is 1.51. The SMILES string of the molecule is O=C(CNC(=O)c1nn(-c2ccc(Cl)cc2F)c2c1CCOC2)NCCO. The average molecular weight is 397 g/mol. The minimum atomic E-state index is -0.575. The number of nitrogens with zero attached hydrogens (tertiary/aromatic N) is 2. The standard InChI is InChI=1S/C17H18ClFN4O4/c18-10-1-2-13(12(19)7-10)23-14-9-27-6-3-11(14)16(22-23)17(26)21-8-15(25)20-4-5-24/h1-2,7,24H,3-6,8-9H2,(H,20,25)(H,21,26). The van der Waals surface area contributed by atoms with Gasteiger partial charge in [-0.1, -0.05) is 11.6 Å². The van der Waals surface area contributed by atoms with Gasteiger partial charge < -0.3 is 20.5 Å². The van der Waals surface area contributed by atoms with Crippen LogP contribution >= 0.6 is 11.6 Å². The number of aromatic nitrogens is 2. The summed E-state index contributed by atoms with van der Waals surface area (Å²) in [4.78, 5) is 24.1. The number of ether oxygens (including phenoxy) is 1. The lowest BCUT2D eigenvalue weighted by molar-refractivity contribution is -0.120. The molecule has 8 nitrogen and oxygen atoms in total. The number of fused-ring (bicyclic) bond motifs is 1. The van der Waals surface area contributed by atoms with Crippen molar-refractivity contribution in [2.45, 2.75) is 13.0 Å². The first-order valence-electron chi connectivity index (χ1n) is 8.31. The van der Waals surface area contributed by atoms with E-state index in [0.29, 0.717) is 24.3 Å². The van der Waals surface area contributed by atoms with Gasteiger partial charge in [-0.15, -0.1) is 0 Å². The van der Waals surface area contributed by atoms with Crippen molar-refractivity contribution in [2.24, 2.45) is 0 Å². The van der Waals surface area contributed by atoms with Gasteiger partial charge in [0, 0.05) is 23.6 Å². The molecule has 0 fully saturated rings. The highest BCUT2D eigenvalue weighted by Gasteiger charge is 2.27. The number of hydrogen-bond donors (Lipinski definition) is 3. The Hall–Kier alpha value is -2.49. The molecule has 0 radical (unpaired) electrons. The number of aliphatic hydroxyl groups excluding tert-OH is 1. The molecule has 1 aromatic heterocycles. The molecule has 2 amide bonds. The first kappa shape index (κ1) is 19.3. The minimum Gasteiger partial charge on any atom is -0.395 e. The Balaban J connectivity index is 1.87. The van der Waals surface area contributed by atoms with Gasteiger partial charge >= 0.3 is 0 Å². The van der Waals surface area contributed by atoms with Crippen LogP contribution in [0.2, 0.25) is 5.02 Å². The van der Waals surface area contributed by atoms with Crippen LogP contribution in [0.15, 0.2) is 18.2 Å². The van der Waals surface area contributed by atoms with Crippen molar-refractivity contribution in [3.05, 3.63) is 46.0 Å². The lowest BCUT2D eigenvalue weighted by Gasteiger charge is -2.15. The van der Waals surface area contributed by atoms with Crippen LogP contribution in [-0.2, 0) is 22.6 Å². The van der Waals surface area contributed by atoms with Crippen LogP contribution in [0.4, 0.5) is 4.39 Å². The van der Waals surface area contributed by atoms with E-state index in [-0.39, 0.29) is 42.7 Å². The lowest BCUT2D eigenvalue weighted by atomic mass is 10.1. The Morgan fingerprint density at radius 3 is 2.93 bits per heavy atom. The van der Waals surface area contributed by atoms with Gasteiger partial charge in [0.2, 0.25) is 5.91 Å². The molecule has 0 saturated carbocycles. The Morgan fingerprint density at radius 2 is 2.19 bits per heavy atom. The maximum absolute atomic E-state index is 14.3. The number of hydrogen-bond acceptors (Lipinski definition) is 5. The molecule has 3 N–H and O–H groups in total. The second kappa shape index (κ2) is 8.47. The average Bonchev–Trinajstić information content (AvgIpc) is 3.04. The van der Waals surface area contributed by atoms with Crippen LogP contribution in [-0.4, -0.2) is 53.0 Å². The third kappa shape index (κ3) is 4.26. The van der Waals surface area contributed by atoms with Crippen LogP contribution < -0.4 is 10.6 Å². The number of carbonyl (C=O) groups excluding carboxylic acids is 2. The number of halogens is 2. The number of nitrogens with one attached hydrogen (secondary N) is 2. The van der Waals surface area contributed by atoms with Gasteiger partial charge in [0.15, 0.2) is 5.69 Å². The Labute approximate surface area is 159 Å². The van der Waals surface area contributed by atoms with E-state index in [0.717, 1.165) is 0 Å². The Kier molecular flexibility index (Phi) is 6.04. The molecule has 144 valence electrons. The summed E-state index contributed by atoms with van der Waals surface area (Å²) in [6.45, 7) is 0.260. The van der Waals surface area contributed by atoms with Crippen LogP contribution in [0.25, 0.3) is 5.69 Å². The molecular formula is C17H18ClFN4O4. The molecule has 0 unspecified atom stereocenters. The van der Waals surface area contributed by atoms with Gasteiger partial charge in [0.1, 0.15) is 11.5 Å². The number of rotatable bonds is 6. The zero-order valence-electron chi connectivity index (χ0n) is 14.3. The third-order valence-electron chi connectivity index (χ3n) is 4.02. The fraction of sp³-hybridized carbons (Fsp3) is 0.353. The maximum atomic E-state index is 14.3. The van der Waals surface area contributed by atoms with E-state index in [1.54, 1.807) is 0 Å². The topological polar surface area (TPSA) is 105 Å². The van der Waals surface area contributed by atoms with Gasteiger partial charge in [-0.2, -0.15) is 5.10 Å². The summed E-state index contributed by atoms with van der Waals surface area (Å²) in [5.74, 6) is -1.55. The summed E-state index contributed by atoms with van der Waals surface area (Å²) < 4.78 is 21.1. The number of carbonyl (C=O) groups is 2. The summed E-state index contributed by atoms with van der Waals surface area (Å²) in [6, 6.07) is 4.17. The van der Waals surface area contributed by atoms with Crippen molar-refractivity contribution in [1.29, 1.82) is 0 Å². The van der Waals surface area contributed by atoms with Crippen molar-refractivity contribution < 1.29 is 23.8 Å². The number of benzene rings is 1. The molecule has 1 aromatic carbocycles. The molecule has 1 aliphatic rings. The fourth-order valence-electron chi connectivity index (χ4n) is 2.78.